The fourth-order valence-corrected chi connectivity index (χ4v) is 9.78. The molecule has 0 atom stereocenters. The van der Waals surface area contributed by atoms with E-state index in [2.05, 4.69) is 210 Å². The molecule has 1 aliphatic rings. The zero-order valence-corrected chi connectivity index (χ0v) is 32.7. The normalized spacial score (nSPS) is 13.2. The van der Waals surface area contributed by atoms with E-state index < -0.39 is 0 Å². The first-order valence-corrected chi connectivity index (χ1v) is 20.7. The maximum absolute atomic E-state index is 5.72. The van der Waals surface area contributed by atoms with Crippen molar-refractivity contribution in [3.8, 4) is 16.8 Å². The number of hydrogen-bond donors (Lipinski definition) is 0. The zero-order valence-electron chi connectivity index (χ0n) is 32.7. The standard InChI is InChI=1S/C56H39N3/c1-2-36-31-42-20-9-12-25-49(42)57-56(54(36)43-22-14-21-39(32-43)37-15-4-3-5-16-37)59-51-30-28-44(35-48(51)55-45-23-10-8-17-38(45)27-29-52(55)59)58-50-26-13-11-24-46(50)47-33-40-18-6-7-19-41(40)34-53(47)58/h3-30,32-35H,2,31H2,1H3. The minimum Gasteiger partial charge on any atom is -0.309 e. The number of hydrogen-bond acceptors (Lipinski definition) is 1. The van der Waals surface area contributed by atoms with Gasteiger partial charge in [-0.15, -0.1) is 0 Å². The van der Waals surface area contributed by atoms with E-state index in [-0.39, 0.29) is 0 Å². The van der Waals surface area contributed by atoms with E-state index in [9.17, 15) is 0 Å². The predicted octanol–water partition coefficient (Wildman–Crippen LogP) is 14.9. The van der Waals surface area contributed by atoms with E-state index in [1.54, 1.807) is 0 Å². The Labute approximate surface area is 342 Å². The third kappa shape index (κ3) is 5.25. The van der Waals surface area contributed by atoms with Gasteiger partial charge in [-0.3, -0.25) is 4.57 Å². The number of rotatable bonds is 4. The molecule has 9 aromatic carbocycles. The highest BCUT2D eigenvalue weighted by Crippen LogP contribution is 2.43. The minimum atomic E-state index is 0.844. The third-order valence-electron chi connectivity index (χ3n) is 12.5. The maximum Gasteiger partial charge on any atom is 0.146 e. The van der Waals surface area contributed by atoms with Gasteiger partial charge in [0.1, 0.15) is 5.84 Å². The molecule has 2 aromatic heterocycles. The molecule has 0 N–H and O–H groups in total. The van der Waals surface area contributed by atoms with Crippen LogP contribution in [0.25, 0.3) is 87.5 Å². The summed E-state index contributed by atoms with van der Waals surface area (Å²) in [5.74, 6) is 0.961. The summed E-state index contributed by atoms with van der Waals surface area (Å²) in [5.41, 5.74) is 14.3. The lowest BCUT2D eigenvalue weighted by atomic mass is 9.91. The largest absolute Gasteiger partial charge is 0.309 e. The molecule has 0 amide bonds. The van der Waals surface area contributed by atoms with Crippen molar-refractivity contribution in [1.82, 2.24) is 9.13 Å². The van der Waals surface area contributed by atoms with Crippen LogP contribution in [-0.2, 0) is 6.42 Å². The first-order valence-electron chi connectivity index (χ1n) is 20.7. The number of fused-ring (bicyclic) bond motifs is 10. The third-order valence-corrected chi connectivity index (χ3v) is 12.5. The molecule has 1 aliphatic heterocycles. The number of benzene rings is 9. The van der Waals surface area contributed by atoms with Gasteiger partial charge in [0.05, 0.1) is 27.8 Å². The van der Waals surface area contributed by atoms with E-state index in [0.29, 0.717) is 0 Å². The molecule has 3 heteroatoms. The minimum absolute atomic E-state index is 0.844. The number of aliphatic imine (C=N–C) groups is 1. The molecular weight excluding hydrogens is 715 g/mol. The second kappa shape index (κ2) is 13.3. The Morgan fingerprint density at radius 1 is 0.441 bits per heavy atom. The molecule has 0 spiro atoms. The van der Waals surface area contributed by atoms with E-state index in [1.165, 1.54) is 87.5 Å². The van der Waals surface area contributed by atoms with Crippen LogP contribution in [0.1, 0.15) is 24.5 Å². The Kier molecular flexibility index (Phi) is 7.58. The number of para-hydroxylation sites is 2. The summed E-state index contributed by atoms with van der Waals surface area (Å²) < 4.78 is 4.92. The Morgan fingerprint density at radius 3 is 1.98 bits per heavy atom. The van der Waals surface area contributed by atoms with Gasteiger partial charge in [0.2, 0.25) is 0 Å². The molecule has 3 heterocycles. The Bertz CT molecular complexity index is 3560. The molecule has 0 aliphatic carbocycles. The lowest BCUT2D eigenvalue weighted by molar-refractivity contribution is 1.01. The van der Waals surface area contributed by atoms with Crippen LogP contribution in [-0.4, -0.2) is 15.0 Å². The van der Waals surface area contributed by atoms with Gasteiger partial charge in [-0.05, 0) is 111 Å². The van der Waals surface area contributed by atoms with E-state index in [0.717, 1.165) is 41.1 Å². The molecule has 3 nitrogen and oxygen atoms in total. The molecule has 0 radical (unpaired) electrons. The van der Waals surface area contributed by atoms with E-state index in [1.807, 2.05) is 0 Å². The fraction of sp³-hybridized carbons (Fsp3) is 0.0536. The topological polar surface area (TPSA) is 22.2 Å². The SMILES string of the molecule is CCC1=C(c2cccc(-c3ccccc3)c2)C(n2c3ccc(-n4c5ccccc5c5cc6ccccc6cc54)cc3c3c4ccccc4ccc32)=Nc2ccccc2C1. The quantitative estimate of drug-likeness (QED) is 0.171. The Balaban J connectivity index is 1.18. The predicted molar refractivity (Wildman–Crippen MR) is 251 cm³/mol. The molecule has 59 heavy (non-hydrogen) atoms. The molecule has 0 bridgehead atoms. The van der Waals surface area contributed by atoms with Gasteiger partial charge < -0.3 is 4.57 Å². The van der Waals surface area contributed by atoms with Crippen molar-refractivity contribution in [3.63, 3.8) is 0 Å². The summed E-state index contributed by atoms with van der Waals surface area (Å²) in [5, 5.41) is 9.91. The van der Waals surface area contributed by atoms with Gasteiger partial charge >= 0.3 is 0 Å². The first-order chi connectivity index (χ1) is 29.2. The first kappa shape index (κ1) is 33.6. The lowest BCUT2D eigenvalue weighted by Gasteiger charge is -2.19. The molecular formula is C56H39N3. The lowest BCUT2D eigenvalue weighted by Crippen LogP contribution is -2.15. The molecule has 278 valence electrons. The van der Waals surface area contributed by atoms with Crippen LogP contribution in [0.5, 0.6) is 0 Å². The average Bonchev–Trinajstić information content (AvgIpc) is 3.73. The number of aromatic nitrogens is 2. The van der Waals surface area contributed by atoms with Crippen molar-refractivity contribution in [2.24, 2.45) is 4.99 Å². The number of allylic oxidation sites excluding steroid dienone is 2. The monoisotopic (exact) mass is 753 g/mol. The van der Waals surface area contributed by atoms with Gasteiger partial charge in [-0.2, -0.15) is 0 Å². The van der Waals surface area contributed by atoms with Crippen LogP contribution >= 0.6 is 0 Å². The van der Waals surface area contributed by atoms with Crippen molar-refractivity contribution in [3.05, 3.63) is 211 Å². The molecule has 0 saturated heterocycles. The summed E-state index contributed by atoms with van der Waals surface area (Å²) in [6, 6.07) is 71.2. The van der Waals surface area contributed by atoms with Gasteiger partial charge in [-0.25, -0.2) is 4.99 Å². The Hall–Kier alpha value is -7.49. The average molecular weight is 754 g/mol. The number of nitrogens with zero attached hydrogens (tertiary/aromatic N) is 3. The highest BCUT2D eigenvalue weighted by atomic mass is 15.1. The fourth-order valence-electron chi connectivity index (χ4n) is 9.78. The van der Waals surface area contributed by atoms with Crippen molar-refractivity contribution in [2.75, 3.05) is 0 Å². The van der Waals surface area contributed by atoms with E-state index in [4.69, 9.17) is 4.99 Å². The molecule has 12 rings (SSSR count). The van der Waals surface area contributed by atoms with Gasteiger partial charge in [-0.1, -0.05) is 152 Å². The second-order valence-corrected chi connectivity index (χ2v) is 15.8. The van der Waals surface area contributed by atoms with Crippen LogP contribution in [0.15, 0.2) is 205 Å². The summed E-state index contributed by atoms with van der Waals surface area (Å²) in [6.07, 6.45) is 1.75. The van der Waals surface area contributed by atoms with Crippen LogP contribution < -0.4 is 0 Å². The molecule has 11 aromatic rings. The summed E-state index contributed by atoms with van der Waals surface area (Å²) in [6.45, 7) is 2.29. The molecule has 0 saturated carbocycles. The molecule has 0 unspecified atom stereocenters. The second-order valence-electron chi connectivity index (χ2n) is 15.8. The Morgan fingerprint density at radius 2 is 1.12 bits per heavy atom. The van der Waals surface area contributed by atoms with Gasteiger partial charge in [0, 0.05) is 32.8 Å². The molecule has 0 fully saturated rings. The maximum atomic E-state index is 5.72. The van der Waals surface area contributed by atoms with Crippen molar-refractivity contribution in [1.29, 1.82) is 0 Å². The zero-order chi connectivity index (χ0) is 39.0. The highest BCUT2D eigenvalue weighted by Gasteiger charge is 2.26. The summed E-state index contributed by atoms with van der Waals surface area (Å²) in [4.78, 5) is 5.72. The van der Waals surface area contributed by atoms with Crippen molar-refractivity contribution >= 4 is 82.3 Å². The smallest absolute Gasteiger partial charge is 0.146 e. The van der Waals surface area contributed by atoms with Crippen LogP contribution in [0.3, 0.4) is 0 Å². The van der Waals surface area contributed by atoms with Crippen molar-refractivity contribution in [2.45, 2.75) is 19.8 Å². The van der Waals surface area contributed by atoms with E-state index >= 15 is 0 Å². The summed E-state index contributed by atoms with van der Waals surface area (Å²) >= 11 is 0. The van der Waals surface area contributed by atoms with Crippen LogP contribution in [0.2, 0.25) is 0 Å². The van der Waals surface area contributed by atoms with Gasteiger partial charge in [0.25, 0.3) is 0 Å². The van der Waals surface area contributed by atoms with Crippen molar-refractivity contribution < 1.29 is 0 Å². The van der Waals surface area contributed by atoms with Crippen LogP contribution in [0.4, 0.5) is 5.69 Å². The van der Waals surface area contributed by atoms with Gasteiger partial charge in [0.15, 0.2) is 0 Å². The highest BCUT2D eigenvalue weighted by molar-refractivity contribution is 6.33. The summed E-state index contributed by atoms with van der Waals surface area (Å²) in [7, 11) is 0. The van der Waals surface area contributed by atoms with Crippen LogP contribution in [0, 0.1) is 0 Å².